The van der Waals surface area contributed by atoms with Gasteiger partial charge in [-0.25, -0.2) is 0 Å². The lowest BCUT2D eigenvalue weighted by atomic mass is 10.3. The van der Waals surface area contributed by atoms with Gasteiger partial charge in [0.2, 0.25) is 5.91 Å². The summed E-state index contributed by atoms with van der Waals surface area (Å²) in [6.07, 6.45) is 0. The number of aromatic nitrogens is 3. The highest BCUT2D eigenvalue weighted by Crippen LogP contribution is 2.31. The molecule has 4 rings (SSSR count). The number of anilines is 1. The van der Waals surface area contributed by atoms with E-state index in [2.05, 4.69) is 15.5 Å². The topological polar surface area (TPSA) is 103 Å². The number of nitrogens with one attached hydrogen (secondary N) is 1. The Morgan fingerprint density at radius 3 is 2.65 bits per heavy atom. The summed E-state index contributed by atoms with van der Waals surface area (Å²) in [7, 11) is 0. The Morgan fingerprint density at radius 2 is 1.97 bits per heavy atom. The summed E-state index contributed by atoms with van der Waals surface area (Å²) in [5, 5.41) is 24.7. The summed E-state index contributed by atoms with van der Waals surface area (Å²) < 4.78 is 1.91. The number of nitro benzene ring substituents is 1. The Kier molecular flexibility index (Phi) is 6.31. The Morgan fingerprint density at radius 1 is 1.16 bits per heavy atom. The molecule has 1 amide bonds. The van der Waals surface area contributed by atoms with Crippen molar-refractivity contribution in [2.45, 2.75) is 5.16 Å². The van der Waals surface area contributed by atoms with E-state index in [1.807, 2.05) is 52.4 Å². The van der Waals surface area contributed by atoms with Crippen LogP contribution >= 0.6 is 34.7 Å². The maximum Gasteiger partial charge on any atom is 0.271 e. The zero-order chi connectivity index (χ0) is 21.8. The molecule has 2 aromatic carbocycles. The van der Waals surface area contributed by atoms with Gasteiger partial charge < -0.3 is 5.32 Å². The zero-order valence-corrected chi connectivity index (χ0v) is 18.2. The maximum absolute atomic E-state index is 12.5. The number of carbonyl (C=O) groups excluding carboxylic acids is 1. The number of hydrogen-bond donors (Lipinski definition) is 1. The first kappa shape index (κ1) is 21.0. The van der Waals surface area contributed by atoms with E-state index in [0.29, 0.717) is 16.7 Å². The lowest BCUT2D eigenvalue weighted by Crippen LogP contribution is -2.15. The summed E-state index contributed by atoms with van der Waals surface area (Å²) >= 11 is 8.84. The molecule has 8 nitrogen and oxygen atoms in total. The van der Waals surface area contributed by atoms with E-state index < -0.39 is 4.92 Å². The minimum atomic E-state index is -0.547. The van der Waals surface area contributed by atoms with Crippen molar-refractivity contribution in [1.29, 1.82) is 0 Å². The number of amides is 1. The van der Waals surface area contributed by atoms with Crippen LogP contribution in [-0.2, 0) is 4.79 Å². The van der Waals surface area contributed by atoms with Crippen molar-refractivity contribution < 1.29 is 9.72 Å². The Labute approximate surface area is 190 Å². The molecule has 0 spiro atoms. The monoisotopic (exact) mass is 471 g/mol. The summed E-state index contributed by atoms with van der Waals surface area (Å²) in [6, 6.07) is 17.5. The van der Waals surface area contributed by atoms with Gasteiger partial charge in [-0.1, -0.05) is 47.6 Å². The fourth-order valence-electron chi connectivity index (χ4n) is 2.77. The predicted molar refractivity (Wildman–Crippen MR) is 122 cm³/mol. The van der Waals surface area contributed by atoms with Crippen LogP contribution in [0.1, 0.15) is 0 Å². The Bertz CT molecular complexity index is 1230. The standard InChI is InChI=1S/C20H14ClN5O3S2/c21-15-11-14(26(28)29)8-9-16(15)22-18(27)12-31-20-24-23-19(17-7-4-10-30-17)25(20)13-5-2-1-3-6-13/h1-11H,12H2,(H,22,27). The molecule has 4 aromatic rings. The summed E-state index contributed by atoms with van der Waals surface area (Å²) in [6.45, 7) is 0. The fourth-order valence-corrected chi connectivity index (χ4v) is 4.45. The fraction of sp³-hybridized carbons (Fsp3) is 0.0500. The molecule has 0 aliphatic heterocycles. The number of non-ortho nitro benzene ring substituents is 1. The van der Waals surface area contributed by atoms with Gasteiger partial charge in [0, 0.05) is 17.8 Å². The Hall–Kier alpha value is -3.21. The lowest BCUT2D eigenvalue weighted by molar-refractivity contribution is -0.384. The molecule has 31 heavy (non-hydrogen) atoms. The molecule has 0 unspecified atom stereocenters. The summed E-state index contributed by atoms with van der Waals surface area (Å²) in [5.74, 6) is 0.437. The Balaban J connectivity index is 1.52. The number of hydrogen-bond acceptors (Lipinski definition) is 7. The van der Waals surface area contributed by atoms with Gasteiger partial charge in [0.1, 0.15) is 0 Å². The average molecular weight is 472 g/mol. The van der Waals surface area contributed by atoms with Gasteiger partial charge in [-0.3, -0.25) is 19.5 Å². The smallest absolute Gasteiger partial charge is 0.271 e. The molecule has 0 aliphatic carbocycles. The van der Waals surface area contributed by atoms with E-state index in [0.717, 1.165) is 10.6 Å². The number of thioether (sulfide) groups is 1. The van der Waals surface area contributed by atoms with Gasteiger partial charge in [0.25, 0.3) is 5.69 Å². The van der Waals surface area contributed by atoms with Crippen molar-refractivity contribution in [3.63, 3.8) is 0 Å². The highest BCUT2D eigenvalue weighted by molar-refractivity contribution is 7.99. The molecular weight excluding hydrogens is 458 g/mol. The number of carbonyl (C=O) groups is 1. The second-order valence-electron chi connectivity index (χ2n) is 6.21. The first-order chi connectivity index (χ1) is 15.0. The minimum absolute atomic E-state index is 0.0583. The third-order valence-electron chi connectivity index (χ3n) is 4.16. The van der Waals surface area contributed by atoms with E-state index in [4.69, 9.17) is 11.6 Å². The number of nitro groups is 1. The molecule has 11 heteroatoms. The maximum atomic E-state index is 12.5. The largest absolute Gasteiger partial charge is 0.324 e. The van der Waals surface area contributed by atoms with Crippen molar-refractivity contribution >= 4 is 52.0 Å². The SMILES string of the molecule is O=C(CSc1nnc(-c2cccs2)n1-c1ccccc1)Nc1ccc([N+](=O)[O-])cc1Cl. The van der Waals surface area contributed by atoms with Crippen molar-refractivity contribution in [2.24, 2.45) is 0 Å². The number of thiophene rings is 1. The van der Waals surface area contributed by atoms with E-state index in [1.165, 1.54) is 30.0 Å². The highest BCUT2D eigenvalue weighted by Gasteiger charge is 2.18. The molecule has 0 bridgehead atoms. The molecule has 0 fully saturated rings. The van der Waals surface area contributed by atoms with E-state index >= 15 is 0 Å². The van der Waals surface area contributed by atoms with Crippen LogP contribution in [0.5, 0.6) is 0 Å². The van der Waals surface area contributed by atoms with Crippen molar-refractivity contribution in [1.82, 2.24) is 14.8 Å². The molecule has 1 N–H and O–H groups in total. The third-order valence-corrected chi connectivity index (χ3v) is 6.27. The average Bonchev–Trinajstić information content (AvgIpc) is 3.44. The van der Waals surface area contributed by atoms with Crippen LogP contribution in [0.25, 0.3) is 16.4 Å². The normalized spacial score (nSPS) is 10.7. The van der Waals surface area contributed by atoms with Crippen molar-refractivity contribution in [3.05, 3.63) is 81.2 Å². The molecule has 2 heterocycles. The van der Waals surface area contributed by atoms with E-state index in [9.17, 15) is 14.9 Å². The van der Waals surface area contributed by atoms with Crippen LogP contribution in [0.4, 0.5) is 11.4 Å². The van der Waals surface area contributed by atoms with Gasteiger partial charge in [-0.2, -0.15) is 0 Å². The van der Waals surface area contributed by atoms with E-state index in [1.54, 1.807) is 11.3 Å². The first-order valence-corrected chi connectivity index (χ1v) is 11.2. The molecular formula is C20H14ClN5O3S2. The van der Waals surface area contributed by atoms with Gasteiger partial charge in [-0.15, -0.1) is 21.5 Å². The number of halogens is 1. The molecule has 0 atom stereocenters. The second-order valence-corrected chi connectivity index (χ2v) is 8.51. The zero-order valence-electron chi connectivity index (χ0n) is 15.8. The van der Waals surface area contributed by atoms with Gasteiger partial charge in [0.05, 0.1) is 26.3 Å². The molecule has 2 aromatic heterocycles. The van der Waals surface area contributed by atoms with Gasteiger partial charge in [-0.05, 0) is 29.6 Å². The number of rotatable bonds is 7. The van der Waals surface area contributed by atoms with E-state index in [-0.39, 0.29) is 22.4 Å². The molecule has 0 saturated carbocycles. The summed E-state index contributed by atoms with van der Waals surface area (Å²) in [4.78, 5) is 23.7. The molecule has 0 radical (unpaired) electrons. The van der Waals surface area contributed by atoms with Gasteiger partial charge >= 0.3 is 0 Å². The predicted octanol–water partition coefficient (Wildman–Crippen LogP) is 5.29. The second kappa shape index (κ2) is 9.29. The molecule has 156 valence electrons. The van der Waals surface area contributed by atoms with Crippen LogP contribution < -0.4 is 5.32 Å². The number of nitrogens with zero attached hydrogens (tertiary/aromatic N) is 4. The quantitative estimate of drug-likeness (QED) is 0.223. The summed E-state index contributed by atoms with van der Waals surface area (Å²) in [5.41, 5.74) is 1.05. The first-order valence-electron chi connectivity index (χ1n) is 8.94. The van der Waals surface area contributed by atoms with Crippen molar-refractivity contribution in [2.75, 3.05) is 11.1 Å². The highest BCUT2D eigenvalue weighted by atomic mass is 35.5. The van der Waals surface area contributed by atoms with Crippen LogP contribution in [0.15, 0.2) is 71.2 Å². The minimum Gasteiger partial charge on any atom is -0.324 e. The van der Waals surface area contributed by atoms with Crippen LogP contribution in [0, 0.1) is 10.1 Å². The van der Waals surface area contributed by atoms with Crippen LogP contribution in [0.3, 0.4) is 0 Å². The van der Waals surface area contributed by atoms with Crippen molar-refractivity contribution in [3.8, 4) is 16.4 Å². The number of para-hydroxylation sites is 1. The van der Waals surface area contributed by atoms with Crippen LogP contribution in [0.2, 0.25) is 5.02 Å². The number of benzene rings is 2. The third kappa shape index (κ3) is 4.76. The van der Waals surface area contributed by atoms with Gasteiger partial charge in [0.15, 0.2) is 11.0 Å². The molecule has 0 saturated heterocycles. The van der Waals surface area contributed by atoms with Crippen LogP contribution in [-0.4, -0.2) is 31.3 Å². The lowest BCUT2D eigenvalue weighted by Gasteiger charge is -2.10. The molecule has 0 aliphatic rings.